The van der Waals surface area contributed by atoms with Gasteiger partial charge < -0.3 is 14.5 Å². The average molecular weight is 259 g/mol. The van der Waals surface area contributed by atoms with Crippen LogP contribution in [0, 0.1) is 0 Å². The molecule has 1 amide bonds. The number of nitrogens with one attached hydrogen (secondary N) is 1. The Kier molecular flexibility index (Phi) is 3.90. The standard InChI is InChI=1S/C15H17NO3/c1-4-6-16-15(17)11-8-13-12(5-7-18-13)14(9-11)19-10(2)3/h4-5,7-10H,1,6H2,2-3H3,(H,16,17). The van der Waals surface area contributed by atoms with E-state index in [1.54, 1.807) is 24.5 Å². The number of rotatable bonds is 5. The van der Waals surface area contributed by atoms with Crippen LogP contribution in [0.4, 0.5) is 0 Å². The number of fused-ring (bicyclic) bond motifs is 1. The van der Waals surface area contributed by atoms with E-state index in [1.807, 2.05) is 19.9 Å². The molecular weight excluding hydrogens is 242 g/mol. The molecule has 1 heterocycles. The zero-order chi connectivity index (χ0) is 13.8. The zero-order valence-electron chi connectivity index (χ0n) is 11.1. The van der Waals surface area contributed by atoms with Crippen LogP contribution in [-0.4, -0.2) is 18.6 Å². The second-order valence-electron chi connectivity index (χ2n) is 4.47. The topological polar surface area (TPSA) is 51.5 Å². The van der Waals surface area contributed by atoms with E-state index in [1.165, 1.54) is 0 Å². The third-order valence-electron chi connectivity index (χ3n) is 2.57. The number of hydrogen-bond donors (Lipinski definition) is 1. The van der Waals surface area contributed by atoms with Gasteiger partial charge in [0, 0.05) is 12.1 Å². The average Bonchev–Trinajstić information content (AvgIpc) is 2.83. The van der Waals surface area contributed by atoms with Gasteiger partial charge in [0.15, 0.2) is 0 Å². The molecule has 4 nitrogen and oxygen atoms in total. The number of benzene rings is 1. The van der Waals surface area contributed by atoms with Gasteiger partial charge in [-0.05, 0) is 32.0 Å². The van der Waals surface area contributed by atoms with E-state index in [4.69, 9.17) is 9.15 Å². The fourth-order valence-electron chi connectivity index (χ4n) is 1.79. The van der Waals surface area contributed by atoms with Crippen molar-refractivity contribution in [3.63, 3.8) is 0 Å². The number of hydrogen-bond acceptors (Lipinski definition) is 3. The first-order valence-corrected chi connectivity index (χ1v) is 6.19. The highest BCUT2D eigenvalue weighted by molar-refractivity contribution is 5.99. The van der Waals surface area contributed by atoms with E-state index in [2.05, 4.69) is 11.9 Å². The lowest BCUT2D eigenvalue weighted by Crippen LogP contribution is -2.23. The van der Waals surface area contributed by atoms with Crippen LogP contribution in [0.1, 0.15) is 24.2 Å². The van der Waals surface area contributed by atoms with Gasteiger partial charge in [-0.15, -0.1) is 6.58 Å². The van der Waals surface area contributed by atoms with Crippen LogP contribution in [0.5, 0.6) is 5.75 Å². The van der Waals surface area contributed by atoms with Crippen molar-refractivity contribution in [1.29, 1.82) is 0 Å². The Morgan fingerprint density at radius 1 is 1.53 bits per heavy atom. The van der Waals surface area contributed by atoms with Gasteiger partial charge in [-0.3, -0.25) is 4.79 Å². The van der Waals surface area contributed by atoms with Crippen LogP contribution >= 0.6 is 0 Å². The molecule has 19 heavy (non-hydrogen) atoms. The molecule has 0 aliphatic heterocycles. The first-order valence-electron chi connectivity index (χ1n) is 6.19. The third-order valence-corrected chi connectivity index (χ3v) is 2.57. The largest absolute Gasteiger partial charge is 0.490 e. The Labute approximate surface area is 112 Å². The quantitative estimate of drug-likeness (QED) is 0.839. The minimum atomic E-state index is -0.174. The predicted molar refractivity (Wildman–Crippen MR) is 74.5 cm³/mol. The summed E-state index contributed by atoms with van der Waals surface area (Å²) in [5.74, 6) is 0.483. The summed E-state index contributed by atoms with van der Waals surface area (Å²) in [7, 11) is 0. The monoisotopic (exact) mass is 259 g/mol. The predicted octanol–water partition coefficient (Wildman–Crippen LogP) is 3.14. The number of ether oxygens (including phenoxy) is 1. The molecule has 4 heteroatoms. The second kappa shape index (κ2) is 5.61. The molecule has 0 atom stereocenters. The lowest BCUT2D eigenvalue weighted by Gasteiger charge is -2.12. The van der Waals surface area contributed by atoms with Crippen LogP contribution in [-0.2, 0) is 0 Å². The van der Waals surface area contributed by atoms with Crippen LogP contribution in [0.15, 0.2) is 41.5 Å². The highest BCUT2D eigenvalue weighted by atomic mass is 16.5. The SMILES string of the molecule is C=CCNC(=O)c1cc(OC(C)C)c2ccoc2c1. The minimum Gasteiger partial charge on any atom is -0.490 e. The summed E-state index contributed by atoms with van der Waals surface area (Å²) >= 11 is 0. The first kappa shape index (κ1) is 13.2. The highest BCUT2D eigenvalue weighted by Crippen LogP contribution is 2.29. The van der Waals surface area contributed by atoms with Crippen molar-refractivity contribution in [1.82, 2.24) is 5.32 Å². The molecule has 0 saturated carbocycles. The van der Waals surface area contributed by atoms with Crippen LogP contribution < -0.4 is 10.1 Å². The van der Waals surface area contributed by atoms with Gasteiger partial charge in [0.2, 0.25) is 0 Å². The highest BCUT2D eigenvalue weighted by Gasteiger charge is 2.13. The van der Waals surface area contributed by atoms with Crippen LogP contribution in [0.3, 0.4) is 0 Å². The Morgan fingerprint density at radius 2 is 2.32 bits per heavy atom. The summed E-state index contributed by atoms with van der Waals surface area (Å²) in [5.41, 5.74) is 1.15. The summed E-state index contributed by atoms with van der Waals surface area (Å²) < 4.78 is 11.1. The lowest BCUT2D eigenvalue weighted by molar-refractivity contribution is 0.0957. The van der Waals surface area contributed by atoms with E-state index >= 15 is 0 Å². The number of amides is 1. The number of carbonyl (C=O) groups is 1. The lowest BCUT2D eigenvalue weighted by atomic mass is 10.1. The van der Waals surface area contributed by atoms with Gasteiger partial charge >= 0.3 is 0 Å². The molecular formula is C15H17NO3. The van der Waals surface area contributed by atoms with E-state index in [-0.39, 0.29) is 12.0 Å². The Bertz CT molecular complexity index is 598. The van der Waals surface area contributed by atoms with Crippen LogP contribution in [0.25, 0.3) is 11.0 Å². The summed E-state index contributed by atoms with van der Waals surface area (Å²) in [6.45, 7) is 7.87. The van der Waals surface area contributed by atoms with Gasteiger partial charge in [0.05, 0.1) is 17.8 Å². The summed E-state index contributed by atoms with van der Waals surface area (Å²) in [4.78, 5) is 12.0. The molecule has 0 spiro atoms. The van der Waals surface area contributed by atoms with E-state index in [0.717, 1.165) is 5.39 Å². The normalized spacial score (nSPS) is 10.7. The summed E-state index contributed by atoms with van der Waals surface area (Å²) in [6, 6.07) is 5.27. The fourth-order valence-corrected chi connectivity index (χ4v) is 1.79. The molecule has 100 valence electrons. The Hall–Kier alpha value is -2.23. The van der Waals surface area contributed by atoms with Crippen molar-refractivity contribution in [2.45, 2.75) is 20.0 Å². The van der Waals surface area contributed by atoms with Gasteiger partial charge in [0.25, 0.3) is 5.91 Å². The number of furan rings is 1. The molecule has 0 saturated heterocycles. The molecule has 1 aromatic carbocycles. The third kappa shape index (κ3) is 2.96. The molecule has 2 rings (SSSR count). The van der Waals surface area contributed by atoms with Crippen molar-refractivity contribution in [3.05, 3.63) is 42.7 Å². The van der Waals surface area contributed by atoms with Crippen molar-refractivity contribution < 1.29 is 13.9 Å². The molecule has 0 aliphatic rings. The molecule has 0 fully saturated rings. The van der Waals surface area contributed by atoms with Crippen molar-refractivity contribution in [2.75, 3.05) is 6.54 Å². The van der Waals surface area contributed by atoms with Gasteiger partial charge in [0.1, 0.15) is 11.3 Å². The van der Waals surface area contributed by atoms with E-state index in [0.29, 0.717) is 23.4 Å². The molecule has 0 aliphatic carbocycles. The molecule has 2 aromatic rings. The Balaban J connectivity index is 2.39. The Morgan fingerprint density at radius 3 is 3.00 bits per heavy atom. The van der Waals surface area contributed by atoms with Gasteiger partial charge in [-0.2, -0.15) is 0 Å². The maximum Gasteiger partial charge on any atom is 0.251 e. The van der Waals surface area contributed by atoms with Crippen LogP contribution in [0.2, 0.25) is 0 Å². The fraction of sp³-hybridized carbons (Fsp3) is 0.267. The summed E-state index contributed by atoms with van der Waals surface area (Å²) in [6.07, 6.45) is 3.25. The number of carbonyl (C=O) groups excluding carboxylic acids is 1. The maximum atomic E-state index is 12.0. The molecule has 1 aromatic heterocycles. The van der Waals surface area contributed by atoms with E-state index in [9.17, 15) is 4.79 Å². The second-order valence-corrected chi connectivity index (χ2v) is 4.47. The minimum absolute atomic E-state index is 0.0320. The molecule has 1 N–H and O–H groups in total. The molecule has 0 radical (unpaired) electrons. The van der Waals surface area contributed by atoms with Crippen molar-refractivity contribution in [2.24, 2.45) is 0 Å². The maximum absolute atomic E-state index is 12.0. The molecule has 0 unspecified atom stereocenters. The zero-order valence-corrected chi connectivity index (χ0v) is 11.1. The molecule has 0 bridgehead atoms. The smallest absolute Gasteiger partial charge is 0.251 e. The van der Waals surface area contributed by atoms with Gasteiger partial charge in [-0.25, -0.2) is 0 Å². The first-order chi connectivity index (χ1) is 9.11. The van der Waals surface area contributed by atoms with E-state index < -0.39 is 0 Å². The summed E-state index contributed by atoms with van der Waals surface area (Å²) in [5, 5.41) is 3.60. The van der Waals surface area contributed by atoms with Crippen molar-refractivity contribution in [3.8, 4) is 5.75 Å². The van der Waals surface area contributed by atoms with Crippen molar-refractivity contribution >= 4 is 16.9 Å². The van der Waals surface area contributed by atoms with Gasteiger partial charge in [-0.1, -0.05) is 6.08 Å².